The maximum absolute atomic E-state index is 12.6. The number of fused-ring (bicyclic) bond motifs is 2. The van der Waals surface area contributed by atoms with E-state index in [1.807, 2.05) is 37.3 Å². The van der Waals surface area contributed by atoms with Gasteiger partial charge in [-0.25, -0.2) is 14.6 Å². The Labute approximate surface area is 234 Å². The van der Waals surface area contributed by atoms with Gasteiger partial charge in [0.25, 0.3) is 0 Å². The number of H-pyrrole nitrogens is 1. The van der Waals surface area contributed by atoms with Gasteiger partial charge < -0.3 is 39.7 Å². The molecule has 0 spiro atoms. The van der Waals surface area contributed by atoms with E-state index < -0.39 is 65.1 Å². The minimum Gasteiger partial charge on any atom is -0.479 e. The highest BCUT2D eigenvalue weighted by atomic mass is 16.8. The number of aryl methyl sites for hydroxylation is 1. The molecule has 6 N–H and O–H groups in total. The second kappa shape index (κ2) is 10.9. The molecular weight excluding hydrogens is 542 g/mol. The summed E-state index contributed by atoms with van der Waals surface area (Å²) in [5.41, 5.74) is -5.38. The first kappa shape index (κ1) is 30.3. The summed E-state index contributed by atoms with van der Waals surface area (Å²) in [4.78, 5) is 40.9. The van der Waals surface area contributed by atoms with Gasteiger partial charge in [-0.15, -0.1) is 0 Å². The summed E-state index contributed by atoms with van der Waals surface area (Å²) >= 11 is 0. The zero-order chi connectivity index (χ0) is 30.3. The first-order valence-corrected chi connectivity index (χ1v) is 12.9. The van der Waals surface area contributed by atoms with Crippen molar-refractivity contribution in [3.05, 3.63) is 59.7 Å². The Morgan fingerprint density at radius 1 is 1.15 bits per heavy atom. The second-order valence-corrected chi connectivity index (χ2v) is 10.5. The molecular formula is C27H33N3O11. The van der Waals surface area contributed by atoms with E-state index in [4.69, 9.17) is 14.2 Å². The van der Waals surface area contributed by atoms with Crippen molar-refractivity contribution in [2.24, 2.45) is 5.92 Å². The van der Waals surface area contributed by atoms with Crippen molar-refractivity contribution in [2.45, 2.75) is 81.4 Å². The predicted octanol–water partition coefficient (Wildman–Crippen LogP) is 0.419. The Kier molecular flexibility index (Phi) is 8.08. The lowest BCUT2D eigenvalue weighted by atomic mass is 9.74. The van der Waals surface area contributed by atoms with E-state index in [9.17, 15) is 39.9 Å². The quantitative estimate of drug-likeness (QED) is 0.158. The van der Waals surface area contributed by atoms with Gasteiger partial charge in [-0.05, 0) is 30.9 Å². The summed E-state index contributed by atoms with van der Waals surface area (Å²) in [5, 5.41) is 59.9. The lowest BCUT2D eigenvalue weighted by molar-refractivity contribution is -0.383. The molecule has 3 heterocycles. The molecule has 0 aliphatic carbocycles. The molecule has 1 aromatic carbocycles. The fraction of sp³-hybridized carbons (Fsp3) is 0.519. The highest BCUT2D eigenvalue weighted by Crippen LogP contribution is 2.58. The summed E-state index contributed by atoms with van der Waals surface area (Å²) in [7, 11) is 0. The first-order valence-electron chi connectivity index (χ1n) is 12.9. The molecule has 2 fully saturated rings. The van der Waals surface area contributed by atoms with E-state index in [2.05, 4.69) is 21.8 Å². The fourth-order valence-corrected chi connectivity index (χ4v) is 5.66. The van der Waals surface area contributed by atoms with Crippen molar-refractivity contribution >= 4 is 17.9 Å². The van der Waals surface area contributed by atoms with Gasteiger partial charge >= 0.3 is 17.9 Å². The third-order valence-corrected chi connectivity index (χ3v) is 7.66. The molecule has 2 aromatic rings. The number of esters is 1. The third kappa shape index (κ3) is 4.91. The minimum atomic E-state index is -3.46. The van der Waals surface area contributed by atoms with Crippen LogP contribution in [-0.2, 0) is 35.0 Å². The van der Waals surface area contributed by atoms with Crippen molar-refractivity contribution in [1.29, 1.82) is 0 Å². The number of hydrogen-bond acceptors (Lipinski definition) is 11. The van der Waals surface area contributed by atoms with Gasteiger partial charge in [-0.2, -0.15) is 5.10 Å². The predicted molar refractivity (Wildman–Crippen MR) is 137 cm³/mol. The number of nitrogens with one attached hydrogen (secondary N) is 1. The third-order valence-electron chi connectivity index (χ3n) is 7.66. The number of rotatable bonds is 11. The van der Waals surface area contributed by atoms with Crippen molar-refractivity contribution in [3.8, 4) is 0 Å². The molecule has 2 bridgehead atoms. The number of aromatic amines is 1. The van der Waals surface area contributed by atoms with Crippen LogP contribution in [0.5, 0.6) is 0 Å². The van der Waals surface area contributed by atoms with Crippen LogP contribution in [0, 0.1) is 12.8 Å². The molecule has 0 radical (unpaired) electrons. The average Bonchev–Trinajstić information content (AvgIpc) is 3.43. The molecule has 14 nitrogen and oxygen atoms in total. The highest BCUT2D eigenvalue weighted by Gasteiger charge is 2.84. The number of aromatic nitrogens is 3. The number of carbonyl (C=O) groups is 3. The molecule has 4 rings (SSSR count). The van der Waals surface area contributed by atoms with E-state index in [0.717, 1.165) is 5.56 Å². The largest absolute Gasteiger partial charge is 0.479 e. The summed E-state index contributed by atoms with van der Waals surface area (Å²) in [6.07, 6.45) is -7.39. The second-order valence-electron chi connectivity index (χ2n) is 10.5. The number of nitrogens with zero attached hydrogens (tertiary/aromatic N) is 2. The van der Waals surface area contributed by atoms with Crippen LogP contribution in [0.4, 0.5) is 0 Å². The number of carboxylic acid groups (broad SMARTS) is 2. The number of aliphatic hydroxyl groups excluding tert-OH is 2. The van der Waals surface area contributed by atoms with Crippen molar-refractivity contribution in [1.82, 2.24) is 15.2 Å². The van der Waals surface area contributed by atoms with Crippen LogP contribution >= 0.6 is 0 Å². The van der Waals surface area contributed by atoms with Crippen LogP contribution in [0.3, 0.4) is 0 Å². The van der Waals surface area contributed by atoms with Crippen LogP contribution in [0.15, 0.2) is 42.5 Å². The Morgan fingerprint density at radius 2 is 1.80 bits per heavy atom. The smallest absolute Gasteiger partial charge is 0.342 e. The number of hydrogen-bond donors (Lipinski definition) is 6. The van der Waals surface area contributed by atoms with Gasteiger partial charge in [0.05, 0.1) is 0 Å². The molecule has 2 aliphatic rings. The molecule has 14 heteroatoms. The minimum absolute atomic E-state index is 0.0816. The van der Waals surface area contributed by atoms with Crippen LogP contribution in [0.2, 0.25) is 0 Å². The zero-order valence-corrected chi connectivity index (χ0v) is 22.7. The zero-order valence-electron chi connectivity index (χ0n) is 22.7. The summed E-state index contributed by atoms with van der Waals surface area (Å²) < 4.78 is 17.0. The molecule has 0 saturated carbocycles. The van der Waals surface area contributed by atoms with E-state index in [1.165, 1.54) is 13.8 Å². The van der Waals surface area contributed by atoms with Crippen LogP contribution in [-0.4, -0.2) is 93.9 Å². The Bertz CT molecular complexity index is 1330. The van der Waals surface area contributed by atoms with E-state index >= 15 is 0 Å². The van der Waals surface area contributed by atoms with Crippen molar-refractivity contribution in [3.63, 3.8) is 0 Å². The van der Waals surface area contributed by atoms with Gasteiger partial charge in [0.2, 0.25) is 11.2 Å². The Morgan fingerprint density at radius 3 is 2.34 bits per heavy atom. The van der Waals surface area contributed by atoms with E-state index in [0.29, 0.717) is 12.0 Å². The SMILES string of the molecule is C=C(CC[C@]12O[C@H](c3n[nH]c(C)n3)[C@@](O)(C(=O)O)[C@](C(=O)O)(O1)[C@H](O)[C@H]2O)[C@@H](OC(C)=O)[C@H](C)Cc1ccccc1. The molecule has 1 aromatic heterocycles. The first-order chi connectivity index (χ1) is 19.2. The van der Waals surface area contributed by atoms with Gasteiger partial charge in [0, 0.05) is 19.3 Å². The molecule has 0 amide bonds. The van der Waals surface area contributed by atoms with Crippen molar-refractivity contribution in [2.75, 3.05) is 0 Å². The van der Waals surface area contributed by atoms with Crippen LogP contribution in [0.1, 0.15) is 50.0 Å². The fourth-order valence-electron chi connectivity index (χ4n) is 5.66. The Hall–Kier alpha value is -3.69. The number of ether oxygens (including phenoxy) is 3. The maximum atomic E-state index is 12.6. The molecule has 222 valence electrons. The standard InChI is InChI=1S/C27H33N3O11/c1-13(18(39-16(4)31)14(2)12-17-8-6-5-7-9-17)10-11-25-19(32)20(33)27(41-25,24(36)37)26(38,23(34)35)21(40-25)22-28-15(3)29-30-22/h5-9,14,18-21,32-33,38H,1,10-12H2,2-4H3,(H,34,35)(H,36,37)(H,28,29,30)/t14-,18-,19-,20-,21-,25+,26-,27+/m1/s1. The lowest BCUT2D eigenvalue weighted by Crippen LogP contribution is -2.74. The molecule has 2 aliphatic heterocycles. The average molecular weight is 576 g/mol. The molecule has 2 saturated heterocycles. The van der Waals surface area contributed by atoms with Crippen LogP contribution in [0.25, 0.3) is 0 Å². The van der Waals surface area contributed by atoms with Gasteiger partial charge in [0.1, 0.15) is 24.1 Å². The van der Waals surface area contributed by atoms with E-state index in [1.54, 1.807) is 0 Å². The van der Waals surface area contributed by atoms with Crippen molar-refractivity contribution < 1.29 is 54.1 Å². The number of aliphatic carboxylic acids is 2. The lowest BCUT2D eigenvalue weighted by Gasteiger charge is -2.49. The van der Waals surface area contributed by atoms with Crippen LogP contribution < -0.4 is 0 Å². The van der Waals surface area contributed by atoms with Gasteiger partial charge in [-0.3, -0.25) is 9.89 Å². The highest BCUT2D eigenvalue weighted by molar-refractivity contribution is 5.93. The number of carboxylic acids is 2. The Balaban J connectivity index is 1.68. The van der Waals surface area contributed by atoms with Gasteiger partial charge in [0.15, 0.2) is 17.7 Å². The molecule has 41 heavy (non-hydrogen) atoms. The maximum Gasteiger partial charge on any atom is 0.342 e. The normalized spacial score (nSPS) is 32.2. The summed E-state index contributed by atoms with van der Waals surface area (Å²) in [5.74, 6) is -7.55. The summed E-state index contributed by atoms with van der Waals surface area (Å²) in [6.45, 7) is 8.63. The van der Waals surface area contributed by atoms with Gasteiger partial charge in [-0.1, -0.05) is 43.8 Å². The number of benzene rings is 1. The monoisotopic (exact) mass is 575 g/mol. The van der Waals surface area contributed by atoms with E-state index in [-0.39, 0.29) is 24.6 Å². The number of carbonyl (C=O) groups excluding carboxylic acids is 1. The topological polar surface area (TPSA) is 222 Å². The molecule has 0 unspecified atom stereocenters. The molecule has 8 atom stereocenters. The number of aliphatic hydroxyl groups is 3. The summed E-state index contributed by atoms with van der Waals surface area (Å²) in [6, 6.07) is 9.46.